The lowest BCUT2D eigenvalue weighted by Gasteiger charge is -2.06. The van der Waals surface area contributed by atoms with Crippen molar-refractivity contribution in [1.82, 2.24) is 4.98 Å². The van der Waals surface area contributed by atoms with Crippen LogP contribution in [0.3, 0.4) is 0 Å². The van der Waals surface area contributed by atoms with E-state index in [4.69, 9.17) is 5.11 Å². The molecule has 0 aliphatic carbocycles. The van der Waals surface area contributed by atoms with Crippen LogP contribution in [0.4, 0.5) is 5.69 Å². The fourth-order valence-electron chi connectivity index (χ4n) is 1.64. The molecule has 0 unspecified atom stereocenters. The Morgan fingerprint density at radius 2 is 1.89 bits per heavy atom. The molecule has 0 saturated heterocycles. The number of anilines is 1. The van der Waals surface area contributed by atoms with Gasteiger partial charge in [-0.3, -0.25) is 9.59 Å². The molecule has 0 aliphatic rings. The maximum Gasteiger partial charge on any atom is 0.257 e. The molecule has 5 heteroatoms. The van der Waals surface area contributed by atoms with Crippen LogP contribution in [-0.2, 0) is 6.42 Å². The summed E-state index contributed by atoms with van der Waals surface area (Å²) in [6.45, 7) is 0.100. The number of aliphatic hydroxyl groups excluding tert-OH is 1. The van der Waals surface area contributed by atoms with E-state index in [2.05, 4.69) is 10.3 Å². The quantitative estimate of drug-likeness (QED) is 0.769. The van der Waals surface area contributed by atoms with Gasteiger partial charge >= 0.3 is 0 Å². The molecule has 0 atom stereocenters. The van der Waals surface area contributed by atoms with Crippen molar-refractivity contribution in [2.75, 3.05) is 11.9 Å². The number of pyridine rings is 1. The van der Waals surface area contributed by atoms with Crippen LogP contribution in [0.2, 0.25) is 0 Å². The number of hydrogen-bond acceptors (Lipinski definition) is 3. The van der Waals surface area contributed by atoms with Gasteiger partial charge in [-0.2, -0.15) is 0 Å². The highest BCUT2D eigenvalue weighted by Crippen LogP contribution is 2.11. The zero-order valence-electron chi connectivity index (χ0n) is 10.2. The predicted octanol–water partition coefficient (Wildman–Crippen LogP) is 1.16. The van der Waals surface area contributed by atoms with E-state index in [9.17, 15) is 9.59 Å². The second-order valence-corrected chi connectivity index (χ2v) is 4.07. The van der Waals surface area contributed by atoms with Gasteiger partial charge in [-0.25, -0.2) is 0 Å². The van der Waals surface area contributed by atoms with Crippen molar-refractivity contribution in [2.45, 2.75) is 6.42 Å². The number of carbonyl (C=O) groups excluding carboxylic acids is 1. The van der Waals surface area contributed by atoms with E-state index < -0.39 is 0 Å². The topological polar surface area (TPSA) is 82.2 Å². The van der Waals surface area contributed by atoms with Crippen molar-refractivity contribution < 1.29 is 9.90 Å². The Kier molecular flexibility index (Phi) is 4.10. The van der Waals surface area contributed by atoms with Crippen molar-refractivity contribution in [3.8, 4) is 0 Å². The van der Waals surface area contributed by atoms with E-state index in [1.54, 1.807) is 12.1 Å². The fourth-order valence-corrected chi connectivity index (χ4v) is 1.64. The number of aliphatic hydroxyl groups is 1. The van der Waals surface area contributed by atoms with Gasteiger partial charge in [0.05, 0.1) is 5.56 Å². The minimum Gasteiger partial charge on any atom is -0.396 e. The van der Waals surface area contributed by atoms with Crippen molar-refractivity contribution in [2.24, 2.45) is 0 Å². The molecule has 2 aromatic rings. The van der Waals surface area contributed by atoms with Crippen molar-refractivity contribution >= 4 is 11.6 Å². The highest BCUT2D eigenvalue weighted by Gasteiger charge is 2.05. The molecule has 1 heterocycles. The Balaban J connectivity index is 2.06. The molecule has 1 amide bonds. The molecule has 0 radical (unpaired) electrons. The molecular formula is C14H14N2O3. The average molecular weight is 258 g/mol. The molecule has 0 bridgehead atoms. The van der Waals surface area contributed by atoms with Crippen LogP contribution >= 0.6 is 0 Å². The summed E-state index contributed by atoms with van der Waals surface area (Å²) in [6, 6.07) is 10.0. The lowest BCUT2D eigenvalue weighted by atomic mass is 10.1. The normalized spacial score (nSPS) is 10.2. The van der Waals surface area contributed by atoms with E-state index in [1.165, 1.54) is 18.3 Å². The van der Waals surface area contributed by atoms with Crippen molar-refractivity contribution in [3.05, 3.63) is 64.1 Å². The Morgan fingerprint density at radius 1 is 1.16 bits per heavy atom. The maximum absolute atomic E-state index is 11.9. The lowest BCUT2D eigenvalue weighted by molar-refractivity contribution is 0.102. The summed E-state index contributed by atoms with van der Waals surface area (Å²) in [5.74, 6) is -0.286. The Hall–Kier alpha value is -2.40. The minimum atomic E-state index is -0.286. The molecule has 2 rings (SSSR count). The number of hydrogen-bond donors (Lipinski definition) is 3. The minimum absolute atomic E-state index is 0.100. The first-order valence-corrected chi connectivity index (χ1v) is 5.89. The largest absolute Gasteiger partial charge is 0.396 e. The highest BCUT2D eigenvalue weighted by molar-refractivity contribution is 6.03. The standard InChI is InChI=1S/C14H14N2O3/c17-8-7-10-1-4-12(5-2-10)16-14(19)11-3-6-13(18)15-9-11/h1-6,9,17H,7-8H2,(H,15,18)(H,16,19). The number of carbonyl (C=O) groups is 1. The molecule has 1 aromatic heterocycles. The third kappa shape index (κ3) is 3.53. The maximum atomic E-state index is 11.9. The summed E-state index contributed by atoms with van der Waals surface area (Å²) < 4.78 is 0. The number of rotatable bonds is 4. The monoisotopic (exact) mass is 258 g/mol. The third-order valence-corrected chi connectivity index (χ3v) is 2.66. The number of nitrogens with one attached hydrogen (secondary N) is 2. The Labute approximate surface area is 109 Å². The van der Waals surface area contributed by atoms with E-state index in [-0.39, 0.29) is 18.1 Å². The molecule has 0 spiro atoms. The SMILES string of the molecule is O=C(Nc1ccc(CCO)cc1)c1ccc(=O)[nH]c1. The first-order valence-electron chi connectivity index (χ1n) is 5.89. The summed E-state index contributed by atoms with van der Waals surface area (Å²) in [4.78, 5) is 25.2. The van der Waals surface area contributed by atoms with Crippen LogP contribution in [0.25, 0.3) is 0 Å². The molecule has 0 saturated carbocycles. The van der Waals surface area contributed by atoms with Gasteiger partial charge in [-0.1, -0.05) is 12.1 Å². The molecule has 5 nitrogen and oxygen atoms in total. The van der Waals surface area contributed by atoms with Crippen LogP contribution in [0.1, 0.15) is 15.9 Å². The van der Waals surface area contributed by atoms with Crippen LogP contribution in [0, 0.1) is 0 Å². The summed E-state index contributed by atoms with van der Waals surface area (Å²) in [7, 11) is 0. The molecule has 0 fully saturated rings. The van der Waals surface area contributed by atoms with E-state index in [0.29, 0.717) is 17.7 Å². The average Bonchev–Trinajstić information content (AvgIpc) is 2.42. The van der Waals surface area contributed by atoms with Gasteiger partial charge < -0.3 is 15.4 Å². The van der Waals surface area contributed by atoms with Gasteiger partial charge in [0.2, 0.25) is 5.56 Å². The van der Waals surface area contributed by atoms with Crippen molar-refractivity contribution in [1.29, 1.82) is 0 Å². The second-order valence-electron chi connectivity index (χ2n) is 4.07. The first kappa shape index (κ1) is 13.0. The summed E-state index contributed by atoms with van der Waals surface area (Å²) >= 11 is 0. The smallest absolute Gasteiger partial charge is 0.257 e. The third-order valence-electron chi connectivity index (χ3n) is 2.66. The summed E-state index contributed by atoms with van der Waals surface area (Å²) in [6.07, 6.45) is 1.96. The van der Waals surface area contributed by atoms with Crippen molar-refractivity contribution in [3.63, 3.8) is 0 Å². The predicted molar refractivity (Wildman–Crippen MR) is 72.2 cm³/mol. The number of H-pyrrole nitrogens is 1. The summed E-state index contributed by atoms with van der Waals surface area (Å²) in [5.41, 5.74) is 1.81. The number of amides is 1. The first-order chi connectivity index (χ1) is 9.19. The second kappa shape index (κ2) is 5.97. The zero-order valence-corrected chi connectivity index (χ0v) is 10.2. The van der Waals surface area contributed by atoms with Gasteiger partial charge in [-0.15, -0.1) is 0 Å². The lowest BCUT2D eigenvalue weighted by Crippen LogP contribution is -2.14. The highest BCUT2D eigenvalue weighted by atomic mass is 16.3. The Bertz CT molecular complexity index is 597. The molecule has 3 N–H and O–H groups in total. The van der Waals surface area contributed by atoms with Gasteiger partial charge in [0.25, 0.3) is 5.91 Å². The van der Waals surface area contributed by atoms with E-state index in [0.717, 1.165) is 5.56 Å². The van der Waals surface area contributed by atoms with Gasteiger partial charge in [-0.05, 0) is 30.2 Å². The number of benzene rings is 1. The van der Waals surface area contributed by atoms with Crippen LogP contribution in [0.15, 0.2) is 47.4 Å². The Morgan fingerprint density at radius 3 is 2.47 bits per heavy atom. The van der Waals surface area contributed by atoms with Crippen LogP contribution < -0.4 is 10.9 Å². The van der Waals surface area contributed by atoms with Gasteiger partial charge in [0.15, 0.2) is 0 Å². The zero-order chi connectivity index (χ0) is 13.7. The molecule has 0 aliphatic heterocycles. The van der Waals surface area contributed by atoms with E-state index in [1.807, 2.05) is 12.1 Å². The fraction of sp³-hybridized carbons (Fsp3) is 0.143. The molecule has 98 valence electrons. The van der Waals surface area contributed by atoms with Crippen LogP contribution in [0.5, 0.6) is 0 Å². The number of aromatic amines is 1. The van der Waals surface area contributed by atoms with Gasteiger partial charge in [0.1, 0.15) is 0 Å². The molecular weight excluding hydrogens is 244 g/mol. The molecule has 19 heavy (non-hydrogen) atoms. The van der Waals surface area contributed by atoms with Gasteiger partial charge in [0, 0.05) is 24.6 Å². The number of aromatic nitrogens is 1. The molecule has 1 aromatic carbocycles. The summed E-state index contributed by atoms with van der Waals surface area (Å²) in [5, 5.41) is 11.5. The van der Waals surface area contributed by atoms with Crippen LogP contribution in [-0.4, -0.2) is 22.6 Å². The van der Waals surface area contributed by atoms with E-state index >= 15 is 0 Å².